The molecule has 2 aromatic carbocycles. The fraction of sp³-hybridized carbons (Fsp3) is 0.469. The molecule has 0 radical (unpaired) electrons. The summed E-state index contributed by atoms with van der Waals surface area (Å²) in [6.07, 6.45) is 11.2. The van der Waals surface area contributed by atoms with Gasteiger partial charge < -0.3 is 19.5 Å². The normalized spacial score (nSPS) is 11.1. The van der Waals surface area contributed by atoms with Gasteiger partial charge in [-0.25, -0.2) is 9.59 Å². The summed E-state index contributed by atoms with van der Waals surface area (Å²) in [6.45, 7) is 6.62. The van der Waals surface area contributed by atoms with Crippen molar-refractivity contribution < 1.29 is 28.6 Å². The molecule has 212 valence electrons. The highest BCUT2D eigenvalue weighted by atomic mass is 16.6. The van der Waals surface area contributed by atoms with E-state index in [1.165, 1.54) is 31.2 Å². The molecule has 0 fully saturated rings. The molecule has 7 nitrogen and oxygen atoms in total. The maximum atomic E-state index is 13.0. The molecule has 0 atom stereocenters. The third-order valence-corrected chi connectivity index (χ3v) is 6.06. The highest BCUT2D eigenvalue weighted by molar-refractivity contribution is 6.05. The van der Waals surface area contributed by atoms with Gasteiger partial charge in [0.15, 0.2) is 5.75 Å². The first-order chi connectivity index (χ1) is 19.0. The second-order valence-corrected chi connectivity index (χ2v) is 9.43. The van der Waals surface area contributed by atoms with Gasteiger partial charge in [0.1, 0.15) is 0 Å². The van der Waals surface area contributed by atoms with Crippen LogP contribution in [-0.2, 0) is 25.5 Å². The standard InChI is InChI=1S/C32H43NO6/c1-4-7-10-11-12-15-25-18-20-26(21-19-25)31(35)33-27-16-13-14-17-28(27)39-29(32(36)38-23-9-6-3)24-30(34)37-22-8-5-2/h13-14,16-21,24H,4-12,15,22-23H2,1-3H3,(H,33,35)/b29-24-. The number of carbonyl (C=O) groups is 3. The van der Waals surface area contributed by atoms with Gasteiger partial charge in [-0.2, -0.15) is 0 Å². The number of amides is 1. The van der Waals surface area contributed by atoms with Gasteiger partial charge in [-0.3, -0.25) is 4.79 Å². The van der Waals surface area contributed by atoms with Gasteiger partial charge in [-0.05, 0) is 55.5 Å². The van der Waals surface area contributed by atoms with Crippen molar-refractivity contribution in [3.8, 4) is 5.75 Å². The van der Waals surface area contributed by atoms with Crippen molar-refractivity contribution in [2.45, 2.75) is 85.0 Å². The third-order valence-electron chi connectivity index (χ3n) is 6.06. The van der Waals surface area contributed by atoms with Gasteiger partial charge in [-0.15, -0.1) is 0 Å². The molecule has 7 heteroatoms. The predicted molar refractivity (Wildman–Crippen MR) is 154 cm³/mol. The van der Waals surface area contributed by atoms with Gasteiger partial charge >= 0.3 is 11.9 Å². The lowest BCUT2D eigenvalue weighted by atomic mass is 10.0. The van der Waals surface area contributed by atoms with Crippen LogP contribution in [0.2, 0.25) is 0 Å². The number of unbranched alkanes of at least 4 members (excludes halogenated alkanes) is 6. The van der Waals surface area contributed by atoms with Crippen LogP contribution in [0.1, 0.15) is 94.5 Å². The Morgan fingerprint density at radius 3 is 2.08 bits per heavy atom. The minimum Gasteiger partial charge on any atom is -0.462 e. The molecule has 0 heterocycles. The lowest BCUT2D eigenvalue weighted by Crippen LogP contribution is -2.18. The summed E-state index contributed by atoms with van der Waals surface area (Å²) in [5, 5.41) is 2.84. The van der Waals surface area contributed by atoms with Crippen molar-refractivity contribution in [3.05, 3.63) is 71.5 Å². The third kappa shape index (κ3) is 12.2. The van der Waals surface area contributed by atoms with Gasteiger partial charge in [0.05, 0.1) is 25.0 Å². The number of rotatable bonds is 18. The molecule has 0 aliphatic carbocycles. The van der Waals surface area contributed by atoms with E-state index in [9.17, 15) is 14.4 Å². The number of aryl methyl sites for hydroxylation is 1. The average Bonchev–Trinajstić information content (AvgIpc) is 2.94. The molecule has 1 N–H and O–H groups in total. The molecule has 0 aliphatic heterocycles. The number of anilines is 1. The van der Waals surface area contributed by atoms with E-state index in [0.717, 1.165) is 31.8 Å². The molecule has 0 unspecified atom stereocenters. The molecule has 2 rings (SSSR count). The van der Waals surface area contributed by atoms with Gasteiger partial charge in [0.2, 0.25) is 5.76 Å². The number of carbonyl (C=O) groups excluding carboxylic acids is 3. The largest absolute Gasteiger partial charge is 0.462 e. The molecule has 0 aromatic heterocycles. The van der Waals surface area contributed by atoms with Crippen molar-refractivity contribution in [1.29, 1.82) is 0 Å². The zero-order chi connectivity index (χ0) is 28.3. The summed E-state index contributed by atoms with van der Waals surface area (Å²) in [5.74, 6) is -1.89. The first kappa shape index (κ1) is 31.6. The molecular formula is C32H43NO6. The number of nitrogens with one attached hydrogen (secondary N) is 1. The van der Waals surface area contributed by atoms with Crippen molar-refractivity contribution in [2.24, 2.45) is 0 Å². The van der Waals surface area contributed by atoms with Crippen LogP contribution < -0.4 is 10.1 Å². The molecule has 0 spiro atoms. The van der Waals surface area contributed by atoms with Crippen molar-refractivity contribution in [2.75, 3.05) is 18.5 Å². The number of para-hydroxylation sites is 2. The van der Waals surface area contributed by atoms with E-state index in [2.05, 4.69) is 12.2 Å². The van der Waals surface area contributed by atoms with Crippen LogP contribution in [-0.4, -0.2) is 31.1 Å². The quantitative estimate of drug-likeness (QED) is 0.0922. The van der Waals surface area contributed by atoms with Crippen molar-refractivity contribution >= 4 is 23.5 Å². The first-order valence-corrected chi connectivity index (χ1v) is 14.2. The topological polar surface area (TPSA) is 90.9 Å². The first-order valence-electron chi connectivity index (χ1n) is 14.2. The predicted octanol–water partition coefficient (Wildman–Crippen LogP) is 7.40. The minimum atomic E-state index is -0.776. The van der Waals surface area contributed by atoms with E-state index < -0.39 is 11.9 Å². The fourth-order valence-electron chi connectivity index (χ4n) is 3.70. The monoisotopic (exact) mass is 537 g/mol. The SMILES string of the molecule is CCCCCCCc1ccc(C(=O)Nc2ccccc2O/C(=C\C(=O)OCCCC)C(=O)OCCCC)cc1. The summed E-state index contributed by atoms with van der Waals surface area (Å²) < 4.78 is 16.2. The second-order valence-electron chi connectivity index (χ2n) is 9.43. The summed E-state index contributed by atoms with van der Waals surface area (Å²) in [4.78, 5) is 38.0. The van der Waals surface area contributed by atoms with Crippen molar-refractivity contribution in [1.82, 2.24) is 0 Å². The smallest absolute Gasteiger partial charge is 0.374 e. The Hall–Kier alpha value is -3.61. The number of hydrogen-bond acceptors (Lipinski definition) is 6. The Kier molecular flexibility index (Phi) is 15.1. The zero-order valence-corrected chi connectivity index (χ0v) is 23.6. The fourth-order valence-corrected chi connectivity index (χ4v) is 3.70. The maximum Gasteiger partial charge on any atom is 0.374 e. The summed E-state index contributed by atoms with van der Waals surface area (Å²) in [5.41, 5.74) is 2.07. The number of ether oxygens (including phenoxy) is 3. The van der Waals surface area contributed by atoms with Crippen LogP contribution in [0, 0.1) is 0 Å². The number of hydrogen-bond donors (Lipinski definition) is 1. The lowest BCUT2D eigenvalue weighted by Gasteiger charge is -2.14. The molecule has 0 aliphatic rings. The molecular weight excluding hydrogens is 494 g/mol. The molecule has 39 heavy (non-hydrogen) atoms. The van der Waals surface area contributed by atoms with Gasteiger partial charge in [-0.1, -0.05) is 83.6 Å². The molecule has 0 saturated carbocycles. The van der Waals surface area contributed by atoms with Crippen LogP contribution in [0.3, 0.4) is 0 Å². The summed E-state index contributed by atoms with van der Waals surface area (Å²) >= 11 is 0. The van der Waals surface area contributed by atoms with E-state index >= 15 is 0 Å². The van der Waals surface area contributed by atoms with E-state index in [4.69, 9.17) is 14.2 Å². The van der Waals surface area contributed by atoms with E-state index in [1.54, 1.807) is 24.3 Å². The number of benzene rings is 2. The Balaban J connectivity index is 2.10. The highest BCUT2D eigenvalue weighted by Gasteiger charge is 2.19. The van der Waals surface area contributed by atoms with Crippen LogP contribution in [0.5, 0.6) is 5.75 Å². The minimum absolute atomic E-state index is 0.202. The molecule has 0 saturated heterocycles. The zero-order valence-electron chi connectivity index (χ0n) is 23.6. The average molecular weight is 538 g/mol. The Labute approximate surface area is 232 Å². The summed E-state index contributed by atoms with van der Waals surface area (Å²) in [7, 11) is 0. The van der Waals surface area contributed by atoms with Gasteiger partial charge in [0, 0.05) is 5.56 Å². The molecule has 2 aromatic rings. The Morgan fingerprint density at radius 2 is 1.38 bits per heavy atom. The van der Waals surface area contributed by atoms with Crippen LogP contribution in [0.4, 0.5) is 5.69 Å². The molecule has 1 amide bonds. The van der Waals surface area contributed by atoms with Gasteiger partial charge in [0.25, 0.3) is 5.91 Å². The highest BCUT2D eigenvalue weighted by Crippen LogP contribution is 2.27. The molecule has 0 bridgehead atoms. The lowest BCUT2D eigenvalue weighted by molar-refractivity contribution is -0.143. The van der Waals surface area contributed by atoms with E-state index in [0.29, 0.717) is 24.1 Å². The van der Waals surface area contributed by atoms with Crippen molar-refractivity contribution in [3.63, 3.8) is 0 Å². The summed E-state index contributed by atoms with van der Waals surface area (Å²) in [6, 6.07) is 14.3. The van der Waals surface area contributed by atoms with Crippen LogP contribution >= 0.6 is 0 Å². The van der Waals surface area contributed by atoms with E-state index in [-0.39, 0.29) is 30.6 Å². The maximum absolute atomic E-state index is 13.0. The van der Waals surface area contributed by atoms with E-state index in [1.807, 2.05) is 38.1 Å². The Morgan fingerprint density at radius 1 is 0.744 bits per heavy atom. The van der Waals surface area contributed by atoms with Crippen LogP contribution in [0.15, 0.2) is 60.4 Å². The van der Waals surface area contributed by atoms with Crippen LogP contribution in [0.25, 0.3) is 0 Å². The number of esters is 2. The second kappa shape index (κ2) is 18.6. The Bertz CT molecular complexity index is 1060.